The molecule has 0 fully saturated rings. The molecule has 0 aliphatic rings. The van der Waals surface area contributed by atoms with Gasteiger partial charge in [0, 0.05) is 29.6 Å². The van der Waals surface area contributed by atoms with E-state index >= 15 is 0 Å². The lowest BCUT2D eigenvalue weighted by atomic mass is 9.96. The zero-order chi connectivity index (χ0) is 20.5. The van der Waals surface area contributed by atoms with Crippen LogP contribution in [-0.4, -0.2) is 12.3 Å². The summed E-state index contributed by atoms with van der Waals surface area (Å²) in [6.45, 7) is 3.26. The van der Waals surface area contributed by atoms with E-state index in [1.54, 1.807) is 0 Å². The fourth-order valence-electron chi connectivity index (χ4n) is 3.26. The summed E-state index contributed by atoms with van der Waals surface area (Å²) in [4.78, 5) is 17.3. The van der Waals surface area contributed by atoms with E-state index in [0.717, 1.165) is 24.3 Å². The molecule has 0 radical (unpaired) electrons. The van der Waals surface area contributed by atoms with Crippen LogP contribution >= 0.6 is 0 Å². The number of nitrogens with zero attached hydrogens (tertiary/aromatic N) is 4. The van der Waals surface area contributed by atoms with Crippen molar-refractivity contribution in [3.8, 4) is 0 Å². The second-order valence-electron chi connectivity index (χ2n) is 7.00. The molecule has 0 aliphatic heterocycles. The molecule has 3 rings (SSSR count). The minimum atomic E-state index is -0.323. The monoisotopic (exact) mass is 384 g/mol. The van der Waals surface area contributed by atoms with Crippen LogP contribution in [0.1, 0.15) is 29.5 Å². The molecule has 3 aromatic carbocycles. The molecule has 0 N–H and O–H groups in total. The smallest absolute Gasteiger partial charge is 0.145 e. The van der Waals surface area contributed by atoms with Crippen LogP contribution in [0, 0.1) is 0 Å². The van der Waals surface area contributed by atoms with Crippen molar-refractivity contribution < 1.29 is 4.79 Å². The van der Waals surface area contributed by atoms with Gasteiger partial charge in [-0.15, -0.1) is 0 Å². The first-order valence-electron chi connectivity index (χ1n) is 9.63. The Hall–Kier alpha value is -3.56. The minimum Gasteiger partial charge on any atom is -0.363 e. The SMILES string of the molecule is CC(C(=O)CN=[N+]=[N-])c1cccc(N(Cc2ccccc2)Cc2ccccc2)c1. The van der Waals surface area contributed by atoms with Crippen LogP contribution in [0.5, 0.6) is 0 Å². The maximum Gasteiger partial charge on any atom is 0.145 e. The molecule has 1 unspecified atom stereocenters. The Kier molecular flexibility index (Phi) is 7.04. The topological polar surface area (TPSA) is 69.1 Å². The van der Waals surface area contributed by atoms with Crippen LogP contribution in [0.2, 0.25) is 0 Å². The van der Waals surface area contributed by atoms with Crippen molar-refractivity contribution >= 4 is 11.5 Å². The third kappa shape index (κ3) is 5.71. The van der Waals surface area contributed by atoms with Crippen molar-refractivity contribution in [2.24, 2.45) is 5.11 Å². The van der Waals surface area contributed by atoms with E-state index in [1.165, 1.54) is 11.1 Å². The van der Waals surface area contributed by atoms with Gasteiger partial charge < -0.3 is 4.90 Å². The Morgan fingerprint density at radius 1 is 0.931 bits per heavy atom. The average Bonchev–Trinajstić information content (AvgIpc) is 2.78. The molecule has 0 heterocycles. The van der Waals surface area contributed by atoms with Gasteiger partial charge in [0.2, 0.25) is 0 Å². The van der Waals surface area contributed by atoms with Crippen LogP contribution in [-0.2, 0) is 17.9 Å². The summed E-state index contributed by atoms with van der Waals surface area (Å²) < 4.78 is 0. The van der Waals surface area contributed by atoms with Crippen LogP contribution in [0.3, 0.4) is 0 Å². The Labute approximate surface area is 171 Å². The predicted octanol–water partition coefficient (Wildman–Crippen LogP) is 5.88. The summed E-state index contributed by atoms with van der Waals surface area (Å²) in [5.41, 5.74) is 12.9. The molecule has 0 aromatic heterocycles. The predicted molar refractivity (Wildman–Crippen MR) is 117 cm³/mol. The second kappa shape index (κ2) is 10.1. The van der Waals surface area contributed by atoms with E-state index < -0.39 is 0 Å². The van der Waals surface area contributed by atoms with Crippen molar-refractivity contribution in [3.63, 3.8) is 0 Å². The van der Waals surface area contributed by atoms with Crippen molar-refractivity contribution in [2.45, 2.75) is 25.9 Å². The molecule has 1 atom stereocenters. The van der Waals surface area contributed by atoms with Crippen LogP contribution < -0.4 is 4.90 Å². The van der Waals surface area contributed by atoms with E-state index in [4.69, 9.17) is 5.53 Å². The molecule has 0 bridgehead atoms. The summed E-state index contributed by atoms with van der Waals surface area (Å²) in [5, 5.41) is 3.41. The van der Waals surface area contributed by atoms with Gasteiger partial charge in [-0.05, 0) is 34.4 Å². The number of ketones is 1. The third-order valence-corrected chi connectivity index (χ3v) is 4.94. The van der Waals surface area contributed by atoms with Gasteiger partial charge in [0.1, 0.15) is 5.78 Å². The lowest BCUT2D eigenvalue weighted by molar-refractivity contribution is -0.118. The molecule has 146 valence electrons. The van der Waals surface area contributed by atoms with Gasteiger partial charge in [-0.3, -0.25) is 4.79 Å². The molecule has 0 amide bonds. The number of Topliss-reactive ketones (excluding diaryl/α,β-unsaturated/α-hetero) is 1. The van der Waals surface area contributed by atoms with Gasteiger partial charge in [-0.25, -0.2) is 0 Å². The number of hydrogen-bond acceptors (Lipinski definition) is 3. The Morgan fingerprint density at radius 2 is 1.52 bits per heavy atom. The summed E-state index contributed by atoms with van der Waals surface area (Å²) in [7, 11) is 0. The number of azide groups is 1. The Bertz CT molecular complexity index is 941. The molecule has 0 spiro atoms. The highest BCUT2D eigenvalue weighted by molar-refractivity contribution is 5.87. The number of anilines is 1. The quantitative estimate of drug-likeness (QED) is 0.263. The number of benzene rings is 3. The molecular weight excluding hydrogens is 360 g/mol. The summed E-state index contributed by atoms with van der Waals surface area (Å²) in [6, 6.07) is 28.7. The first-order chi connectivity index (χ1) is 14.2. The number of carbonyl (C=O) groups excluding carboxylic acids is 1. The molecule has 3 aromatic rings. The third-order valence-electron chi connectivity index (χ3n) is 4.94. The number of rotatable bonds is 9. The highest BCUT2D eigenvalue weighted by Gasteiger charge is 2.16. The summed E-state index contributed by atoms with van der Waals surface area (Å²) in [6.07, 6.45) is 0. The first kappa shape index (κ1) is 20.2. The fourth-order valence-corrected chi connectivity index (χ4v) is 3.26. The molecule has 0 aliphatic carbocycles. The average molecular weight is 384 g/mol. The maximum absolute atomic E-state index is 12.3. The van der Waals surface area contributed by atoms with E-state index in [0.29, 0.717) is 0 Å². The van der Waals surface area contributed by atoms with Crippen molar-refractivity contribution in [1.82, 2.24) is 0 Å². The van der Waals surface area contributed by atoms with Gasteiger partial charge in [0.25, 0.3) is 0 Å². The van der Waals surface area contributed by atoms with Crippen LogP contribution in [0.25, 0.3) is 10.4 Å². The number of hydrogen-bond donors (Lipinski definition) is 0. The highest BCUT2D eigenvalue weighted by Crippen LogP contribution is 2.25. The minimum absolute atomic E-state index is 0.0855. The zero-order valence-corrected chi connectivity index (χ0v) is 16.5. The molecule has 5 nitrogen and oxygen atoms in total. The van der Waals surface area contributed by atoms with Crippen molar-refractivity contribution in [3.05, 3.63) is 112 Å². The van der Waals surface area contributed by atoms with Gasteiger partial charge in [0.15, 0.2) is 0 Å². The second-order valence-corrected chi connectivity index (χ2v) is 7.00. The standard InChI is InChI=1S/C24H24N4O/c1-19(24(29)16-26-27-25)22-13-8-14-23(15-22)28(17-20-9-4-2-5-10-20)18-21-11-6-3-7-12-21/h2-15,19H,16-18H2,1H3. The lowest BCUT2D eigenvalue weighted by Crippen LogP contribution is -2.22. The van der Waals surface area contributed by atoms with Gasteiger partial charge in [-0.2, -0.15) is 0 Å². The molecule has 0 saturated carbocycles. The largest absolute Gasteiger partial charge is 0.363 e. The molecule has 5 heteroatoms. The van der Waals surface area contributed by atoms with E-state index in [-0.39, 0.29) is 18.2 Å². The van der Waals surface area contributed by atoms with E-state index in [9.17, 15) is 4.79 Å². The molecule has 0 saturated heterocycles. The highest BCUT2D eigenvalue weighted by atomic mass is 16.1. The Balaban J connectivity index is 1.88. The van der Waals surface area contributed by atoms with Crippen molar-refractivity contribution in [1.29, 1.82) is 0 Å². The summed E-state index contributed by atoms with van der Waals surface area (Å²) in [5.74, 6) is -0.409. The molecule has 29 heavy (non-hydrogen) atoms. The van der Waals surface area contributed by atoms with E-state index in [1.807, 2.05) is 55.5 Å². The normalized spacial score (nSPS) is 11.3. The maximum atomic E-state index is 12.3. The fraction of sp³-hybridized carbons (Fsp3) is 0.208. The van der Waals surface area contributed by atoms with Crippen molar-refractivity contribution in [2.75, 3.05) is 11.4 Å². The van der Waals surface area contributed by atoms with Gasteiger partial charge >= 0.3 is 0 Å². The first-order valence-corrected chi connectivity index (χ1v) is 9.63. The summed E-state index contributed by atoms with van der Waals surface area (Å²) >= 11 is 0. The van der Waals surface area contributed by atoms with Gasteiger partial charge in [0.05, 0.1) is 6.54 Å². The van der Waals surface area contributed by atoms with Crippen LogP contribution in [0.4, 0.5) is 5.69 Å². The number of carbonyl (C=O) groups is 1. The van der Waals surface area contributed by atoms with Crippen LogP contribution in [0.15, 0.2) is 90.0 Å². The zero-order valence-electron chi connectivity index (χ0n) is 16.5. The lowest BCUT2D eigenvalue weighted by Gasteiger charge is -2.26. The Morgan fingerprint density at radius 3 is 2.07 bits per heavy atom. The van der Waals surface area contributed by atoms with Gasteiger partial charge in [-0.1, -0.05) is 84.8 Å². The van der Waals surface area contributed by atoms with E-state index in [2.05, 4.69) is 51.3 Å². The molecular formula is C24H24N4O.